The molecule has 2 rings (SSSR count). The van der Waals surface area contributed by atoms with Crippen LogP contribution in [0.1, 0.15) is 30.4 Å². The van der Waals surface area contributed by atoms with E-state index in [0.29, 0.717) is 21.8 Å². The van der Waals surface area contributed by atoms with Crippen molar-refractivity contribution in [2.75, 3.05) is 13.7 Å². The van der Waals surface area contributed by atoms with E-state index in [1.54, 1.807) is 33.1 Å². The molecule has 2 atom stereocenters. The van der Waals surface area contributed by atoms with Gasteiger partial charge in [0, 0.05) is 6.54 Å². The first kappa shape index (κ1) is 16.3. The zero-order valence-corrected chi connectivity index (χ0v) is 13.5. The first-order chi connectivity index (χ1) is 9.85. The summed E-state index contributed by atoms with van der Waals surface area (Å²) in [6.07, 6.45) is 2.18. The third kappa shape index (κ3) is 3.56. The molecule has 0 radical (unpaired) electrons. The molecule has 1 aromatic rings. The summed E-state index contributed by atoms with van der Waals surface area (Å²) in [6.45, 7) is 3.80. The molecule has 0 spiro atoms. The van der Waals surface area contributed by atoms with Crippen molar-refractivity contribution < 1.29 is 18.3 Å². The Labute approximate surface area is 126 Å². The Hall–Kier alpha value is -1.11. The zero-order chi connectivity index (χ0) is 15.6. The molecule has 0 heterocycles. The van der Waals surface area contributed by atoms with Gasteiger partial charge >= 0.3 is 0 Å². The summed E-state index contributed by atoms with van der Waals surface area (Å²) in [7, 11) is -2.02. The molecule has 2 unspecified atom stereocenters. The second kappa shape index (κ2) is 6.34. The molecule has 2 N–H and O–H groups in total. The van der Waals surface area contributed by atoms with E-state index in [9.17, 15) is 13.5 Å². The van der Waals surface area contributed by atoms with Gasteiger partial charge in [-0.3, -0.25) is 0 Å². The zero-order valence-electron chi connectivity index (χ0n) is 12.7. The molecule has 1 aliphatic carbocycles. The van der Waals surface area contributed by atoms with Crippen LogP contribution in [0.25, 0.3) is 0 Å². The van der Waals surface area contributed by atoms with E-state index < -0.39 is 16.1 Å². The first-order valence-electron chi connectivity index (χ1n) is 7.18. The summed E-state index contributed by atoms with van der Waals surface area (Å²) in [5, 5.41) is 9.78. The van der Waals surface area contributed by atoms with E-state index in [4.69, 9.17) is 4.74 Å². The summed E-state index contributed by atoms with van der Waals surface area (Å²) in [5.74, 6) is 0.661. The summed E-state index contributed by atoms with van der Waals surface area (Å²) in [5.41, 5.74) is 1.32. The predicted molar refractivity (Wildman–Crippen MR) is 81.0 cm³/mol. The maximum atomic E-state index is 12.5. The van der Waals surface area contributed by atoms with Crippen LogP contribution in [-0.4, -0.2) is 33.3 Å². The molecule has 0 aromatic heterocycles. The van der Waals surface area contributed by atoms with Crippen LogP contribution >= 0.6 is 0 Å². The van der Waals surface area contributed by atoms with E-state index in [1.807, 2.05) is 0 Å². The molecule has 1 fully saturated rings. The highest BCUT2D eigenvalue weighted by Crippen LogP contribution is 2.27. The van der Waals surface area contributed by atoms with Crippen LogP contribution in [0.4, 0.5) is 0 Å². The number of aliphatic hydroxyl groups excluding tert-OH is 1. The molecule has 0 amide bonds. The topological polar surface area (TPSA) is 75.6 Å². The maximum absolute atomic E-state index is 12.5. The first-order valence-corrected chi connectivity index (χ1v) is 8.66. The van der Waals surface area contributed by atoms with Crippen LogP contribution < -0.4 is 9.46 Å². The number of aryl methyl sites for hydroxylation is 2. The van der Waals surface area contributed by atoms with Crippen LogP contribution in [0.3, 0.4) is 0 Å². The van der Waals surface area contributed by atoms with E-state index in [2.05, 4.69) is 4.72 Å². The fourth-order valence-electron chi connectivity index (χ4n) is 3.00. The van der Waals surface area contributed by atoms with Crippen molar-refractivity contribution in [3.8, 4) is 5.75 Å². The lowest BCUT2D eigenvalue weighted by Crippen LogP contribution is -2.33. The Morgan fingerprint density at radius 1 is 1.29 bits per heavy atom. The number of hydrogen-bond donors (Lipinski definition) is 2. The monoisotopic (exact) mass is 313 g/mol. The highest BCUT2D eigenvalue weighted by atomic mass is 32.2. The Kier molecular flexibility index (Phi) is 4.91. The number of methoxy groups -OCH3 is 1. The molecule has 0 saturated heterocycles. The maximum Gasteiger partial charge on any atom is 0.241 e. The number of nitrogens with one attached hydrogen (secondary N) is 1. The molecule has 1 aliphatic rings. The summed E-state index contributed by atoms with van der Waals surface area (Å²) in [6, 6.07) is 3.43. The summed E-state index contributed by atoms with van der Waals surface area (Å²) >= 11 is 0. The van der Waals surface area contributed by atoms with Crippen molar-refractivity contribution in [1.82, 2.24) is 4.72 Å². The van der Waals surface area contributed by atoms with Gasteiger partial charge in [-0.15, -0.1) is 0 Å². The minimum atomic E-state index is -3.57. The smallest absolute Gasteiger partial charge is 0.241 e. The van der Waals surface area contributed by atoms with E-state index in [0.717, 1.165) is 19.3 Å². The number of aliphatic hydroxyl groups is 1. The summed E-state index contributed by atoms with van der Waals surface area (Å²) in [4.78, 5) is 0.302. The normalized spacial score (nSPS) is 22.5. The van der Waals surface area contributed by atoms with Gasteiger partial charge in [0.1, 0.15) is 5.75 Å². The van der Waals surface area contributed by atoms with Gasteiger partial charge in [-0.1, -0.05) is 6.42 Å². The molecular weight excluding hydrogens is 290 g/mol. The SMILES string of the molecule is COc1cc(C)c(S(=O)(=O)NCC2CCCC2O)c(C)c1. The van der Waals surface area contributed by atoms with Gasteiger partial charge in [0.15, 0.2) is 0 Å². The molecule has 1 saturated carbocycles. The van der Waals surface area contributed by atoms with E-state index in [-0.39, 0.29) is 12.5 Å². The predicted octanol–water partition coefficient (Wildman–Crippen LogP) is 1.75. The lowest BCUT2D eigenvalue weighted by atomic mass is 10.1. The van der Waals surface area contributed by atoms with Gasteiger partial charge in [-0.05, 0) is 55.9 Å². The molecule has 1 aromatic carbocycles. The Bertz CT molecular complexity index is 589. The highest BCUT2D eigenvalue weighted by molar-refractivity contribution is 7.89. The third-order valence-corrected chi connectivity index (χ3v) is 5.82. The van der Waals surface area contributed by atoms with Gasteiger partial charge in [0.25, 0.3) is 0 Å². The fourth-order valence-corrected chi connectivity index (χ4v) is 4.54. The average Bonchev–Trinajstić information content (AvgIpc) is 2.80. The lowest BCUT2D eigenvalue weighted by Gasteiger charge is -2.17. The lowest BCUT2D eigenvalue weighted by molar-refractivity contribution is 0.134. The van der Waals surface area contributed by atoms with Crippen molar-refractivity contribution >= 4 is 10.0 Å². The van der Waals surface area contributed by atoms with Crippen LogP contribution in [0.2, 0.25) is 0 Å². The number of hydrogen-bond acceptors (Lipinski definition) is 4. The van der Waals surface area contributed by atoms with E-state index in [1.165, 1.54) is 0 Å². The van der Waals surface area contributed by atoms with Gasteiger partial charge < -0.3 is 9.84 Å². The highest BCUT2D eigenvalue weighted by Gasteiger charge is 2.28. The van der Waals surface area contributed by atoms with Crippen LogP contribution in [0, 0.1) is 19.8 Å². The molecule has 0 bridgehead atoms. The van der Waals surface area contributed by atoms with Gasteiger partial charge in [0.05, 0.1) is 18.1 Å². The number of benzene rings is 1. The minimum absolute atomic E-state index is 0.0126. The quantitative estimate of drug-likeness (QED) is 0.868. The van der Waals surface area contributed by atoms with Gasteiger partial charge in [-0.2, -0.15) is 0 Å². The molecule has 0 aliphatic heterocycles. The third-order valence-electron chi connectivity index (χ3n) is 4.09. The minimum Gasteiger partial charge on any atom is -0.497 e. The number of sulfonamides is 1. The second-order valence-electron chi connectivity index (χ2n) is 5.70. The molecule has 5 nitrogen and oxygen atoms in total. The van der Waals surface area contributed by atoms with Gasteiger partial charge in [0.2, 0.25) is 10.0 Å². The van der Waals surface area contributed by atoms with Crippen LogP contribution in [0.15, 0.2) is 17.0 Å². The van der Waals surface area contributed by atoms with Gasteiger partial charge in [-0.25, -0.2) is 13.1 Å². The van der Waals surface area contributed by atoms with Crippen molar-refractivity contribution in [1.29, 1.82) is 0 Å². The number of rotatable bonds is 5. The van der Waals surface area contributed by atoms with Crippen molar-refractivity contribution in [2.45, 2.75) is 44.1 Å². The van der Waals surface area contributed by atoms with Crippen LogP contribution in [0.5, 0.6) is 5.75 Å². The fraction of sp³-hybridized carbons (Fsp3) is 0.600. The van der Waals surface area contributed by atoms with E-state index >= 15 is 0 Å². The molecule has 6 heteroatoms. The molecule has 21 heavy (non-hydrogen) atoms. The Morgan fingerprint density at radius 3 is 2.38 bits per heavy atom. The van der Waals surface area contributed by atoms with Crippen molar-refractivity contribution in [3.05, 3.63) is 23.3 Å². The standard InChI is InChI=1S/C15H23NO4S/c1-10-7-13(20-3)8-11(2)15(10)21(18,19)16-9-12-5-4-6-14(12)17/h7-8,12,14,16-17H,4-6,9H2,1-3H3. The largest absolute Gasteiger partial charge is 0.497 e. The molecule has 118 valence electrons. The summed E-state index contributed by atoms with van der Waals surface area (Å²) < 4.78 is 32.8. The average molecular weight is 313 g/mol. The Balaban J connectivity index is 2.19. The van der Waals surface area contributed by atoms with Crippen molar-refractivity contribution in [2.24, 2.45) is 5.92 Å². The Morgan fingerprint density at radius 2 is 1.90 bits per heavy atom. The van der Waals surface area contributed by atoms with Crippen molar-refractivity contribution in [3.63, 3.8) is 0 Å². The van der Waals surface area contributed by atoms with Crippen LogP contribution in [-0.2, 0) is 10.0 Å². The number of ether oxygens (including phenoxy) is 1. The second-order valence-corrected chi connectivity index (χ2v) is 7.40. The molecular formula is C15H23NO4S.